The van der Waals surface area contributed by atoms with E-state index in [1.807, 2.05) is 19.2 Å². The molecule has 3 aromatic heterocycles. The minimum atomic E-state index is 0.496. The molecular formula is C18H20N6OS. The van der Waals surface area contributed by atoms with Crippen LogP contribution in [0.15, 0.2) is 30.7 Å². The molecule has 0 bridgehead atoms. The summed E-state index contributed by atoms with van der Waals surface area (Å²) in [4.78, 5) is 12.9. The maximum atomic E-state index is 5.86. The Balaban J connectivity index is 1.28. The van der Waals surface area contributed by atoms with Crippen molar-refractivity contribution in [1.82, 2.24) is 25.1 Å². The maximum absolute atomic E-state index is 5.86. The van der Waals surface area contributed by atoms with Crippen LogP contribution in [0.5, 0.6) is 5.88 Å². The molecule has 1 fully saturated rings. The molecule has 1 aliphatic rings. The van der Waals surface area contributed by atoms with E-state index in [4.69, 9.17) is 4.74 Å². The third-order valence-electron chi connectivity index (χ3n) is 4.31. The second kappa shape index (κ2) is 7.33. The predicted octanol–water partition coefficient (Wildman–Crippen LogP) is 3.13. The molecule has 4 rings (SSSR count). The maximum Gasteiger partial charge on any atom is 0.218 e. The molecular weight excluding hydrogens is 348 g/mol. The van der Waals surface area contributed by atoms with Crippen molar-refractivity contribution in [3.8, 4) is 5.88 Å². The Kier molecular flexibility index (Phi) is 4.75. The van der Waals surface area contributed by atoms with Crippen LogP contribution < -0.4 is 10.1 Å². The summed E-state index contributed by atoms with van der Waals surface area (Å²) in [6.07, 6.45) is 4.55. The Morgan fingerprint density at radius 1 is 1.19 bits per heavy atom. The number of aryl methyl sites for hydroxylation is 2. The molecule has 0 spiro atoms. The standard InChI is InChI=1S/C18H20N6OS/c1-11-3-4-15(19-7-11)14-5-13(14)9-25-17-6-16(21-10-22-17)20-8-18-24-23-12(2)26-18/h3-4,6-7,10,13-14H,5,8-9H2,1-2H3,(H,20,21,22)/t13-,14+/m1/s1. The molecule has 3 aromatic rings. The first-order chi connectivity index (χ1) is 12.7. The van der Waals surface area contributed by atoms with Gasteiger partial charge in [-0.3, -0.25) is 4.98 Å². The number of ether oxygens (including phenoxy) is 1. The van der Waals surface area contributed by atoms with Crippen molar-refractivity contribution in [3.63, 3.8) is 0 Å². The zero-order valence-corrected chi connectivity index (χ0v) is 15.5. The highest BCUT2D eigenvalue weighted by atomic mass is 32.1. The fourth-order valence-electron chi connectivity index (χ4n) is 2.78. The number of nitrogens with one attached hydrogen (secondary N) is 1. The molecule has 0 unspecified atom stereocenters. The summed E-state index contributed by atoms with van der Waals surface area (Å²) < 4.78 is 5.86. The summed E-state index contributed by atoms with van der Waals surface area (Å²) >= 11 is 1.57. The summed E-state index contributed by atoms with van der Waals surface area (Å²) in [5, 5.41) is 13.2. The molecule has 0 saturated heterocycles. The van der Waals surface area contributed by atoms with Crippen LogP contribution in [0.1, 0.15) is 33.6 Å². The van der Waals surface area contributed by atoms with Gasteiger partial charge in [0.1, 0.15) is 22.2 Å². The van der Waals surface area contributed by atoms with Gasteiger partial charge in [0.05, 0.1) is 13.2 Å². The topological polar surface area (TPSA) is 85.7 Å². The summed E-state index contributed by atoms with van der Waals surface area (Å²) in [7, 11) is 0. The molecule has 134 valence electrons. The molecule has 8 heteroatoms. The van der Waals surface area contributed by atoms with Crippen molar-refractivity contribution in [1.29, 1.82) is 0 Å². The summed E-state index contributed by atoms with van der Waals surface area (Å²) in [6.45, 7) is 5.23. The summed E-state index contributed by atoms with van der Waals surface area (Å²) in [5.41, 5.74) is 2.34. The van der Waals surface area contributed by atoms with E-state index in [9.17, 15) is 0 Å². The third kappa shape index (κ3) is 4.13. The first-order valence-electron chi connectivity index (χ1n) is 8.57. The van der Waals surface area contributed by atoms with Crippen molar-refractivity contribution in [2.75, 3.05) is 11.9 Å². The molecule has 1 aliphatic carbocycles. The van der Waals surface area contributed by atoms with E-state index in [2.05, 4.69) is 49.5 Å². The third-order valence-corrected chi connectivity index (χ3v) is 5.15. The van der Waals surface area contributed by atoms with E-state index in [1.165, 1.54) is 11.9 Å². The average Bonchev–Trinajstić information content (AvgIpc) is 3.31. The lowest BCUT2D eigenvalue weighted by molar-refractivity contribution is 0.285. The van der Waals surface area contributed by atoms with Gasteiger partial charge in [-0.05, 0) is 31.9 Å². The van der Waals surface area contributed by atoms with Gasteiger partial charge >= 0.3 is 0 Å². The lowest BCUT2D eigenvalue weighted by Gasteiger charge is -2.07. The Bertz CT molecular complexity index is 881. The van der Waals surface area contributed by atoms with Crippen LogP contribution in [0, 0.1) is 19.8 Å². The minimum Gasteiger partial charge on any atom is -0.477 e. The summed E-state index contributed by atoms with van der Waals surface area (Å²) in [6, 6.07) is 6.04. The fraction of sp³-hybridized carbons (Fsp3) is 0.389. The fourth-order valence-corrected chi connectivity index (χ4v) is 3.42. The van der Waals surface area contributed by atoms with Crippen molar-refractivity contribution in [3.05, 3.63) is 52.0 Å². The van der Waals surface area contributed by atoms with Crippen molar-refractivity contribution >= 4 is 17.2 Å². The summed E-state index contributed by atoms with van der Waals surface area (Å²) in [5.74, 6) is 2.30. The molecule has 26 heavy (non-hydrogen) atoms. The molecule has 2 atom stereocenters. The lowest BCUT2D eigenvalue weighted by atomic mass is 10.2. The van der Waals surface area contributed by atoms with Gasteiger partial charge in [-0.1, -0.05) is 17.4 Å². The van der Waals surface area contributed by atoms with Gasteiger partial charge in [0.25, 0.3) is 0 Å². The van der Waals surface area contributed by atoms with Crippen LogP contribution in [-0.2, 0) is 6.54 Å². The molecule has 0 aromatic carbocycles. The normalized spacial score (nSPS) is 18.5. The number of anilines is 1. The van der Waals surface area contributed by atoms with Crippen LogP contribution in [0.4, 0.5) is 5.82 Å². The van der Waals surface area contributed by atoms with Gasteiger partial charge in [-0.15, -0.1) is 10.2 Å². The van der Waals surface area contributed by atoms with E-state index in [0.29, 0.717) is 30.9 Å². The smallest absolute Gasteiger partial charge is 0.218 e. The van der Waals surface area contributed by atoms with Crippen molar-refractivity contribution in [2.45, 2.75) is 32.7 Å². The lowest BCUT2D eigenvalue weighted by Crippen LogP contribution is -2.05. The van der Waals surface area contributed by atoms with Crippen LogP contribution in [0.3, 0.4) is 0 Å². The van der Waals surface area contributed by atoms with E-state index in [-0.39, 0.29) is 0 Å². The van der Waals surface area contributed by atoms with Crippen molar-refractivity contribution < 1.29 is 4.74 Å². The minimum absolute atomic E-state index is 0.496. The Morgan fingerprint density at radius 3 is 2.88 bits per heavy atom. The van der Waals surface area contributed by atoms with Gasteiger partial charge in [0.2, 0.25) is 5.88 Å². The van der Waals surface area contributed by atoms with E-state index < -0.39 is 0 Å². The van der Waals surface area contributed by atoms with E-state index in [1.54, 1.807) is 11.3 Å². The molecule has 1 N–H and O–H groups in total. The predicted molar refractivity (Wildman–Crippen MR) is 99.3 cm³/mol. The Labute approximate surface area is 155 Å². The molecule has 3 heterocycles. The van der Waals surface area contributed by atoms with E-state index >= 15 is 0 Å². The molecule has 0 radical (unpaired) electrons. The van der Waals surface area contributed by atoms with Crippen LogP contribution in [0.2, 0.25) is 0 Å². The number of rotatable bonds is 7. The van der Waals surface area contributed by atoms with Crippen LogP contribution in [0.25, 0.3) is 0 Å². The average molecular weight is 368 g/mol. The quantitative estimate of drug-likeness (QED) is 0.685. The zero-order valence-electron chi connectivity index (χ0n) is 14.7. The first kappa shape index (κ1) is 16.8. The molecule has 0 aliphatic heterocycles. The Hall–Kier alpha value is -2.61. The highest BCUT2D eigenvalue weighted by molar-refractivity contribution is 7.11. The van der Waals surface area contributed by atoms with Gasteiger partial charge in [0, 0.05) is 29.8 Å². The van der Waals surface area contributed by atoms with Gasteiger partial charge in [0.15, 0.2) is 0 Å². The SMILES string of the molecule is Cc1ccc([C@H]2C[C@@H]2COc2cc(NCc3nnc(C)s3)ncn2)nc1. The van der Waals surface area contributed by atoms with Gasteiger partial charge < -0.3 is 10.1 Å². The van der Waals surface area contributed by atoms with Gasteiger partial charge in [-0.25, -0.2) is 9.97 Å². The van der Waals surface area contributed by atoms with Gasteiger partial charge in [-0.2, -0.15) is 0 Å². The molecule has 7 nitrogen and oxygen atoms in total. The first-order valence-corrected chi connectivity index (χ1v) is 9.39. The largest absolute Gasteiger partial charge is 0.477 e. The monoisotopic (exact) mass is 368 g/mol. The highest BCUT2D eigenvalue weighted by Crippen LogP contribution is 2.46. The second-order valence-electron chi connectivity index (χ2n) is 6.48. The highest BCUT2D eigenvalue weighted by Gasteiger charge is 2.39. The zero-order chi connectivity index (χ0) is 17.9. The molecule has 0 amide bonds. The number of nitrogens with zero attached hydrogens (tertiary/aromatic N) is 5. The Morgan fingerprint density at radius 2 is 2.12 bits per heavy atom. The number of hydrogen-bond acceptors (Lipinski definition) is 8. The second-order valence-corrected chi connectivity index (χ2v) is 7.75. The molecule has 1 saturated carbocycles. The van der Waals surface area contributed by atoms with Crippen LogP contribution in [-0.4, -0.2) is 31.8 Å². The number of aromatic nitrogens is 5. The van der Waals surface area contributed by atoms with Crippen molar-refractivity contribution in [2.24, 2.45) is 5.92 Å². The van der Waals surface area contributed by atoms with Crippen LogP contribution >= 0.6 is 11.3 Å². The number of pyridine rings is 1. The number of hydrogen-bond donors (Lipinski definition) is 1. The van der Waals surface area contributed by atoms with E-state index in [0.717, 1.165) is 27.9 Å².